The molecule has 19 heavy (non-hydrogen) atoms. The van der Waals surface area contributed by atoms with Gasteiger partial charge in [-0.15, -0.1) is 11.3 Å². The van der Waals surface area contributed by atoms with Crippen LogP contribution in [0.25, 0.3) is 0 Å². The van der Waals surface area contributed by atoms with Crippen LogP contribution >= 0.6 is 11.3 Å². The quantitative estimate of drug-likeness (QED) is 0.898. The van der Waals surface area contributed by atoms with Gasteiger partial charge < -0.3 is 11.1 Å². The summed E-state index contributed by atoms with van der Waals surface area (Å²) < 4.78 is 0. The van der Waals surface area contributed by atoms with E-state index < -0.39 is 5.54 Å². The number of carbonyl (C=O) groups is 1. The van der Waals surface area contributed by atoms with E-state index in [9.17, 15) is 4.79 Å². The Kier molecular flexibility index (Phi) is 3.12. The maximum atomic E-state index is 12.2. The van der Waals surface area contributed by atoms with Gasteiger partial charge in [0.1, 0.15) is 0 Å². The molecule has 1 fully saturated rings. The second-order valence-electron chi connectivity index (χ2n) is 4.99. The number of thiophene rings is 1. The van der Waals surface area contributed by atoms with Gasteiger partial charge >= 0.3 is 0 Å². The molecule has 1 unspecified atom stereocenters. The first kappa shape index (κ1) is 12.4. The molecular formula is C15H16N2OS. The topological polar surface area (TPSA) is 55.1 Å². The first-order valence-corrected chi connectivity index (χ1v) is 7.25. The Morgan fingerprint density at radius 2 is 1.95 bits per heavy atom. The molecular weight excluding hydrogens is 256 g/mol. The van der Waals surface area contributed by atoms with E-state index in [1.165, 1.54) is 0 Å². The zero-order valence-electron chi connectivity index (χ0n) is 10.5. The van der Waals surface area contributed by atoms with Gasteiger partial charge in [0.15, 0.2) is 0 Å². The number of hydrogen-bond donors (Lipinski definition) is 2. The fourth-order valence-electron chi connectivity index (χ4n) is 2.06. The zero-order valence-corrected chi connectivity index (χ0v) is 11.3. The molecule has 1 aromatic carbocycles. The molecule has 1 atom stereocenters. The number of carbonyl (C=O) groups excluding carboxylic acids is 1. The molecule has 1 aliphatic rings. The molecule has 1 amide bonds. The minimum Gasteiger partial charge on any atom is -0.343 e. The summed E-state index contributed by atoms with van der Waals surface area (Å²) in [5.74, 6) is -0.0465. The molecule has 0 bridgehead atoms. The highest BCUT2D eigenvalue weighted by atomic mass is 32.1. The van der Waals surface area contributed by atoms with E-state index in [0.29, 0.717) is 0 Å². The summed E-state index contributed by atoms with van der Waals surface area (Å²) in [5.41, 5.74) is 6.41. The molecule has 1 heterocycles. The van der Waals surface area contributed by atoms with Crippen LogP contribution < -0.4 is 11.1 Å². The van der Waals surface area contributed by atoms with Gasteiger partial charge in [0, 0.05) is 4.88 Å². The van der Waals surface area contributed by atoms with Gasteiger partial charge in [-0.05, 0) is 29.9 Å². The van der Waals surface area contributed by atoms with Gasteiger partial charge in [0.2, 0.25) is 5.91 Å². The molecule has 98 valence electrons. The van der Waals surface area contributed by atoms with Gasteiger partial charge in [-0.2, -0.15) is 0 Å². The van der Waals surface area contributed by atoms with E-state index in [1.807, 2.05) is 47.8 Å². The molecule has 3 N–H and O–H groups in total. The standard InChI is InChI=1S/C15H16N2OS/c16-15(8-9-15)14(18)17-13(12-7-4-10-19-12)11-5-2-1-3-6-11/h1-7,10,13H,8-9,16H2,(H,17,18). The van der Waals surface area contributed by atoms with E-state index in [0.717, 1.165) is 23.3 Å². The molecule has 3 rings (SSSR count). The number of hydrogen-bond acceptors (Lipinski definition) is 3. The maximum absolute atomic E-state index is 12.2. The van der Waals surface area contributed by atoms with Crippen molar-refractivity contribution < 1.29 is 4.79 Å². The van der Waals surface area contributed by atoms with Gasteiger partial charge in [-0.3, -0.25) is 4.79 Å². The SMILES string of the molecule is NC1(C(=O)NC(c2ccccc2)c2cccs2)CC1. The molecule has 0 saturated heterocycles. The van der Waals surface area contributed by atoms with Crippen molar-refractivity contribution in [2.75, 3.05) is 0 Å². The summed E-state index contributed by atoms with van der Waals surface area (Å²) in [6, 6.07) is 13.9. The highest BCUT2D eigenvalue weighted by molar-refractivity contribution is 7.10. The van der Waals surface area contributed by atoms with E-state index in [2.05, 4.69) is 5.32 Å². The van der Waals surface area contributed by atoms with Crippen molar-refractivity contribution in [3.05, 3.63) is 58.3 Å². The number of nitrogens with two attached hydrogens (primary N) is 1. The summed E-state index contributed by atoms with van der Waals surface area (Å²) >= 11 is 1.64. The summed E-state index contributed by atoms with van der Waals surface area (Å²) in [4.78, 5) is 13.3. The molecule has 0 spiro atoms. The number of benzene rings is 1. The molecule has 4 heteroatoms. The van der Waals surface area contributed by atoms with Crippen LogP contribution in [0, 0.1) is 0 Å². The third-order valence-corrected chi connectivity index (χ3v) is 4.41. The van der Waals surface area contributed by atoms with Crippen molar-refractivity contribution in [1.82, 2.24) is 5.32 Å². The molecule has 1 saturated carbocycles. The van der Waals surface area contributed by atoms with Crippen molar-refractivity contribution >= 4 is 17.2 Å². The Bertz CT molecular complexity index is 561. The molecule has 3 nitrogen and oxygen atoms in total. The predicted molar refractivity (Wildman–Crippen MR) is 76.9 cm³/mol. The monoisotopic (exact) mass is 272 g/mol. The summed E-state index contributed by atoms with van der Waals surface area (Å²) in [7, 11) is 0. The third kappa shape index (κ3) is 2.55. The Hall–Kier alpha value is -1.65. The van der Waals surface area contributed by atoms with Crippen LogP contribution in [0.2, 0.25) is 0 Å². The lowest BCUT2D eigenvalue weighted by Gasteiger charge is -2.20. The van der Waals surface area contributed by atoms with Crippen molar-refractivity contribution in [2.24, 2.45) is 5.73 Å². The fourth-order valence-corrected chi connectivity index (χ4v) is 2.86. The molecule has 1 aromatic heterocycles. The van der Waals surface area contributed by atoms with E-state index in [1.54, 1.807) is 11.3 Å². The van der Waals surface area contributed by atoms with Crippen LogP contribution in [0.3, 0.4) is 0 Å². The third-order valence-electron chi connectivity index (χ3n) is 3.48. The normalized spacial score (nSPS) is 17.7. The largest absolute Gasteiger partial charge is 0.343 e. The zero-order chi connectivity index (χ0) is 13.3. The lowest BCUT2D eigenvalue weighted by Crippen LogP contribution is -2.44. The molecule has 2 aromatic rings. The minimum atomic E-state index is -0.635. The Labute approximate surface area is 116 Å². The van der Waals surface area contributed by atoms with Crippen molar-refractivity contribution in [3.63, 3.8) is 0 Å². The van der Waals surface area contributed by atoms with Crippen molar-refractivity contribution in [3.8, 4) is 0 Å². The van der Waals surface area contributed by atoms with Crippen LogP contribution in [-0.2, 0) is 4.79 Å². The van der Waals surface area contributed by atoms with E-state index in [-0.39, 0.29) is 11.9 Å². The number of nitrogens with one attached hydrogen (secondary N) is 1. The first-order chi connectivity index (χ1) is 9.19. The van der Waals surface area contributed by atoms with Gasteiger partial charge in [-0.1, -0.05) is 36.4 Å². The lowest BCUT2D eigenvalue weighted by molar-refractivity contribution is -0.123. The van der Waals surface area contributed by atoms with Crippen LogP contribution in [0.1, 0.15) is 29.3 Å². The Morgan fingerprint density at radius 1 is 1.21 bits per heavy atom. The van der Waals surface area contributed by atoms with Crippen LogP contribution in [-0.4, -0.2) is 11.4 Å². The maximum Gasteiger partial charge on any atom is 0.240 e. The number of amides is 1. The average molecular weight is 272 g/mol. The van der Waals surface area contributed by atoms with Gasteiger partial charge in [0.25, 0.3) is 0 Å². The van der Waals surface area contributed by atoms with Crippen LogP contribution in [0.4, 0.5) is 0 Å². The van der Waals surface area contributed by atoms with E-state index >= 15 is 0 Å². The molecule has 0 aliphatic heterocycles. The van der Waals surface area contributed by atoms with Crippen LogP contribution in [0.15, 0.2) is 47.8 Å². The van der Waals surface area contributed by atoms with Crippen LogP contribution in [0.5, 0.6) is 0 Å². The predicted octanol–water partition coefficient (Wildman–Crippen LogP) is 2.44. The highest BCUT2D eigenvalue weighted by Crippen LogP contribution is 2.34. The highest BCUT2D eigenvalue weighted by Gasteiger charge is 2.46. The molecule has 0 radical (unpaired) electrons. The van der Waals surface area contributed by atoms with Gasteiger partial charge in [-0.25, -0.2) is 0 Å². The average Bonchev–Trinajstić information content (AvgIpc) is 2.98. The van der Waals surface area contributed by atoms with Gasteiger partial charge in [0.05, 0.1) is 11.6 Å². The van der Waals surface area contributed by atoms with E-state index in [4.69, 9.17) is 5.73 Å². The smallest absolute Gasteiger partial charge is 0.240 e. The molecule has 1 aliphatic carbocycles. The van der Waals surface area contributed by atoms with Crippen molar-refractivity contribution in [2.45, 2.75) is 24.4 Å². The number of rotatable bonds is 4. The minimum absolute atomic E-state index is 0.0465. The fraction of sp³-hybridized carbons (Fsp3) is 0.267. The second kappa shape index (κ2) is 4.79. The Balaban J connectivity index is 1.87. The second-order valence-corrected chi connectivity index (χ2v) is 5.97. The first-order valence-electron chi connectivity index (χ1n) is 6.37. The summed E-state index contributed by atoms with van der Waals surface area (Å²) in [6.07, 6.45) is 1.57. The summed E-state index contributed by atoms with van der Waals surface area (Å²) in [6.45, 7) is 0. The summed E-state index contributed by atoms with van der Waals surface area (Å²) in [5, 5.41) is 5.11. The van der Waals surface area contributed by atoms with Crippen molar-refractivity contribution in [1.29, 1.82) is 0 Å². The Morgan fingerprint density at radius 3 is 2.53 bits per heavy atom. The lowest BCUT2D eigenvalue weighted by atomic mass is 10.0.